The number of benzene rings is 1. The maximum absolute atomic E-state index is 14.3. The van der Waals surface area contributed by atoms with E-state index < -0.39 is 11.4 Å². The molecule has 9 heteroatoms. The number of ether oxygens (including phenoxy) is 1. The minimum Gasteiger partial charge on any atom is -0.444 e. The molecule has 0 unspecified atom stereocenters. The molecule has 1 aromatic heterocycles. The fourth-order valence-corrected chi connectivity index (χ4v) is 4.02. The summed E-state index contributed by atoms with van der Waals surface area (Å²) in [5.41, 5.74) is -0.146. The van der Waals surface area contributed by atoms with E-state index >= 15 is 0 Å². The molecule has 0 atom stereocenters. The summed E-state index contributed by atoms with van der Waals surface area (Å²) in [6.45, 7) is 6.52. The molecule has 33 heavy (non-hydrogen) atoms. The number of carbonyl (C=O) groups excluding carboxylic acids is 2. The van der Waals surface area contributed by atoms with Crippen molar-refractivity contribution < 1.29 is 23.1 Å². The Morgan fingerprint density at radius 3 is 2.45 bits per heavy atom. The third-order valence-electron chi connectivity index (χ3n) is 5.74. The van der Waals surface area contributed by atoms with E-state index in [1.807, 2.05) is 31.7 Å². The second-order valence-electron chi connectivity index (χ2n) is 9.49. The third kappa shape index (κ3) is 5.16. The molecule has 0 N–H and O–H groups in total. The number of oxazole rings is 1. The molecule has 174 valence electrons. The highest BCUT2D eigenvalue weighted by molar-refractivity contribution is 5.93. The topological polar surface area (TPSA) is 99.7 Å². The van der Waals surface area contributed by atoms with Crippen LogP contribution in [0.2, 0.25) is 0 Å². The lowest BCUT2D eigenvalue weighted by Gasteiger charge is -2.38. The third-order valence-corrected chi connectivity index (χ3v) is 5.74. The van der Waals surface area contributed by atoms with Crippen LogP contribution in [-0.2, 0) is 4.74 Å². The molecule has 1 saturated carbocycles. The first-order valence-corrected chi connectivity index (χ1v) is 11.1. The van der Waals surface area contributed by atoms with Gasteiger partial charge < -0.3 is 19.0 Å². The molecule has 4 rings (SSSR count). The van der Waals surface area contributed by atoms with Gasteiger partial charge in [0.2, 0.25) is 5.89 Å². The number of aromatic nitrogens is 1. The summed E-state index contributed by atoms with van der Waals surface area (Å²) in [6, 6.07) is 5.99. The van der Waals surface area contributed by atoms with Gasteiger partial charge in [-0.1, -0.05) is 0 Å². The van der Waals surface area contributed by atoms with Gasteiger partial charge in [0.25, 0.3) is 5.91 Å². The van der Waals surface area contributed by atoms with Crippen molar-refractivity contribution in [3.05, 3.63) is 41.5 Å². The second-order valence-corrected chi connectivity index (χ2v) is 9.49. The van der Waals surface area contributed by atoms with Crippen LogP contribution < -0.4 is 0 Å². The van der Waals surface area contributed by atoms with E-state index in [1.54, 1.807) is 4.90 Å². The number of halogens is 1. The van der Waals surface area contributed by atoms with Crippen molar-refractivity contribution >= 4 is 12.0 Å². The molecule has 0 radical (unpaired) electrons. The smallest absolute Gasteiger partial charge is 0.410 e. The first-order valence-electron chi connectivity index (χ1n) is 11.1. The van der Waals surface area contributed by atoms with Gasteiger partial charge in [-0.2, -0.15) is 5.26 Å². The maximum Gasteiger partial charge on any atom is 0.410 e. The van der Waals surface area contributed by atoms with Crippen molar-refractivity contribution in [2.75, 3.05) is 13.1 Å². The van der Waals surface area contributed by atoms with E-state index in [0.717, 1.165) is 18.9 Å². The highest BCUT2D eigenvalue weighted by atomic mass is 19.1. The molecule has 2 aliphatic rings. The number of nitriles is 1. The highest BCUT2D eigenvalue weighted by Gasteiger charge is 2.40. The molecular weight excluding hydrogens is 427 g/mol. The van der Waals surface area contributed by atoms with Crippen LogP contribution in [0.3, 0.4) is 0 Å². The van der Waals surface area contributed by atoms with Gasteiger partial charge in [0.05, 0.1) is 17.2 Å². The molecule has 1 aliphatic heterocycles. The molecule has 1 aromatic carbocycles. The maximum atomic E-state index is 14.3. The van der Waals surface area contributed by atoms with Crippen molar-refractivity contribution in [1.82, 2.24) is 14.8 Å². The summed E-state index contributed by atoms with van der Waals surface area (Å²) < 4.78 is 25.2. The number of likely N-dealkylation sites (tertiary alicyclic amines) is 1. The molecule has 1 saturated heterocycles. The molecule has 0 bridgehead atoms. The SMILES string of the molecule is CC(C)(C)OC(=O)N1CCC(N(C(=O)c2coc(-c3ccc(C#N)cc3F)n2)C2CC2)CC1. The number of hydrogen-bond acceptors (Lipinski definition) is 6. The number of rotatable bonds is 4. The first-order chi connectivity index (χ1) is 15.7. The molecule has 2 amide bonds. The van der Waals surface area contributed by atoms with Crippen LogP contribution in [0, 0.1) is 17.1 Å². The van der Waals surface area contributed by atoms with Gasteiger partial charge in [-0.15, -0.1) is 0 Å². The summed E-state index contributed by atoms with van der Waals surface area (Å²) in [5, 5.41) is 8.91. The molecule has 1 aliphatic carbocycles. The Bertz CT molecular complexity index is 1090. The van der Waals surface area contributed by atoms with Gasteiger partial charge in [-0.3, -0.25) is 4.79 Å². The van der Waals surface area contributed by atoms with Crippen LogP contribution in [0.5, 0.6) is 0 Å². The van der Waals surface area contributed by atoms with E-state index in [-0.39, 0.29) is 46.8 Å². The minimum absolute atomic E-state index is 0.00386. The fourth-order valence-electron chi connectivity index (χ4n) is 4.02. The zero-order valence-corrected chi connectivity index (χ0v) is 19.0. The normalized spacial score (nSPS) is 16.9. The second kappa shape index (κ2) is 8.85. The van der Waals surface area contributed by atoms with Crippen LogP contribution in [0.1, 0.15) is 62.5 Å². The molecule has 2 fully saturated rings. The summed E-state index contributed by atoms with van der Waals surface area (Å²) in [4.78, 5) is 33.4. The van der Waals surface area contributed by atoms with Gasteiger partial charge in [0.15, 0.2) is 5.69 Å². The van der Waals surface area contributed by atoms with Crippen molar-refractivity contribution in [3.8, 4) is 17.5 Å². The van der Waals surface area contributed by atoms with Crippen molar-refractivity contribution in [2.24, 2.45) is 0 Å². The Labute approximate surface area is 191 Å². The number of nitrogens with zero attached hydrogens (tertiary/aromatic N) is 4. The van der Waals surface area contributed by atoms with Crippen LogP contribution in [0.15, 0.2) is 28.9 Å². The molecule has 8 nitrogen and oxygen atoms in total. The lowest BCUT2D eigenvalue weighted by molar-refractivity contribution is 0.0141. The van der Waals surface area contributed by atoms with Crippen molar-refractivity contribution in [1.29, 1.82) is 5.26 Å². The van der Waals surface area contributed by atoms with Gasteiger partial charge in [-0.25, -0.2) is 14.2 Å². The monoisotopic (exact) mass is 454 g/mol. The van der Waals surface area contributed by atoms with E-state index in [4.69, 9.17) is 14.4 Å². The Kier molecular flexibility index (Phi) is 6.11. The molecular formula is C24H27FN4O4. The van der Waals surface area contributed by atoms with Crippen LogP contribution in [0.25, 0.3) is 11.5 Å². The minimum atomic E-state index is -0.636. The lowest BCUT2D eigenvalue weighted by Crippen LogP contribution is -2.50. The predicted octanol–water partition coefficient (Wildman–Crippen LogP) is 4.36. The van der Waals surface area contributed by atoms with E-state index in [2.05, 4.69) is 4.98 Å². The zero-order chi connectivity index (χ0) is 23.8. The number of amides is 2. The standard InChI is InChI=1S/C24H27FN4O4/c1-24(2,3)33-23(31)28-10-8-17(9-11-28)29(16-5-6-16)22(30)20-14-32-21(27-20)18-7-4-15(13-26)12-19(18)25/h4,7,12,14,16-17H,5-6,8-11H2,1-3H3. The van der Waals surface area contributed by atoms with Crippen LogP contribution >= 0.6 is 0 Å². The first kappa shape index (κ1) is 22.8. The zero-order valence-electron chi connectivity index (χ0n) is 19.0. The number of carbonyl (C=O) groups is 2. The average molecular weight is 455 g/mol. The average Bonchev–Trinajstić information content (AvgIpc) is 3.47. The van der Waals surface area contributed by atoms with Crippen LogP contribution in [0.4, 0.5) is 9.18 Å². The van der Waals surface area contributed by atoms with Crippen LogP contribution in [-0.4, -0.2) is 57.6 Å². The van der Waals surface area contributed by atoms with Gasteiger partial charge in [0, 0.05) is 25.2 Å². The molecule has 0 spiro atoms. The Hall–Kier alpha value is -3.41. The summed E-state index contributed by atoms with van der Waals surface area (Å²) in [7, 11) is 0. The number of hydrogen-bond donors (Lipinski definition) is 0. The Balaban J connectivity index is 1.45. The summed E-state index contributed by atoms with van der Waals surface area (Å²) >= 11 is 0. The Morgan fingerprint density at radius 2 is 1.88 bits per heavy atom. The quantitative estimate of drug-likeness (QED) is 0.681. The van der Waals surface area contributed by atoms with Crippen molar-refractivity contribution in [2.45, 2.75) is 64.1 Å². The highest BCUT2D eigenvalue weighted by Crippen LogP contribution is 2.34. The molecule has 2 heterocycles. The van der Waals surface area contributed by atoms with Crippen molar-refractivity contribution in [3.63, 3.8) is 0 Å². The molecule has 2 aromatic rings. The Morgan fingerprint density at radius 1 is 1.21 bits per heavy atom. The predicted molar refractivity (Wildman–Crippen MR) is 117 cm³/mol. The lowest BCUT2D eigenvalue weighted by atomic mass is 10.0. The van der Waals surface area contributed by atoms with Gasteiger partial charge >= 0.3 is 6.09 Å². The van der Waals surface area contributed by atoms with E-state index in [0.29, 0.717) is 25.9 Å². The summed E-state index contributed by atoms with van der Waals surface area (Å²) in [5.74, 6) is -0.892. The van der Waals surface area contributed by atoms with Gasteiger partial charge in [0.1, 0.15) is 17.7 Å². The fraction of sp³-hybridized carbons (Fsp3) is 0.500. The summed E-state index contributed by atoms with van der Waals surface area (Å²) in [6.07, 6.45) is 4.06. The number of piperidine rings is 1. The van der Waals surface area contributed by atoms with E-state index in [9.17, 15) is 14.0 Å². The van der Waals surface area contributed by atoms with Gasteiger partial charge in [-0.05, 0) is 64.7 Å². The van der Waals surface area contributed by atoms with E-state index in [1.165, 1.54) is 18.4 Å². The largest absolute Gasteiger partial charge is 0.444 e.